The van der Waals surface area contributed by atoms with Crippen molar-refractivity contribution >= 4 is 17.4 Å². The minimum atomic E-state index is -0.565. The van der Waals surface area contributed by atoms with E-state index in [2.05, 4.69) is 19.3 Å². The van der Waals surface area contributed by atoms with Gasteiger partial charge in [-0.05, 0) is 51.5 Å². The van der Waals surface area contributed by atoms with Crippen molar-refractivity contribution in [3.05, 3.63) is 42.0 Å². The van der Waals surface area contributed by atoms with Crippen LogP contribution in [-0.2, 0) is 14.3 Å². The van der Waals surface area contributed by atoms with Gasteiger partial charge in [-0.1, -0.05) is 50.3 Å². The van der Waals surface area contributed by atoms with Crippen molar-refractivity contribution < 1.29 is 14.3 Å². The molecule has 3 N–H and O–H groups in total. The van der Waals surface area contributed by atoms with Crippen molar-refractivity contribution in [2.45, 2.75) is 59.5 Å². The number of carbonyl (C=O) groups is 2. The molecule has 1 aromatic carbocycles. The summed E-state index contributed by atoms with van der Waals surface area (Å²) in [5.74, 6) is 5.00. The van der Waals surface area contributed by atoms with Crippen molar-refractivity contribution in [3.8, 4) is 0 Å². The first kappa shape index (κ1) is 21.9. The molecule has 0 saturated heterocycles. The number of ether oxygens (including phenoxy) is 1. The molecule has 5 heteroatoms. The number of nitrogens with one attached hydrogen (secondary N) is 1. The highest BCUT2D eigenvalue weighted by Gasteiger charge is 2.22. The number of benzene rings is 1. The monoisotopic (exact) mass is 360 g/mol. The van der Waals surface area contributed by atoms with Crippen LogP contribution in [0, 0.1) is 11.8 Å². The summed E-state index contributed by atoms with van der Waals surface area (Å²) in [5.41, 5.74) is 3.01. The summed E-state index contributed by atoms with van der Waals surface area (Å²) in [6.45, 7) is 9.68. The first-order valence-corrected chi connectivity index (χ1v) is 9.13. The van der Waals surface area contributed by atoms with Crippen molar-refractivity contribution in [2.24, 2.45) is 17.7 Å². The Morgan fingerprint density at radius 2 is 1.81 bits per heavy atom. The Labute approximate surface area is 157 Å². The van der Waals surface area contributed by atoms with Crippen molar-refractivity contribution in [1.29, 1.82) is 0 Å². The van der Waals surface area contributed by atoms with E-state index >= 15 is 0 Å². The van der Waals surface area contributed by atoms with Crippen molar-refractivity contribution in [3.63, 3.8) is 0 Å². The Bertz CT molecular complexity index is 616. The molecule has 0 aromatic heterocycles. The van der Waals surface area contributed by atoms with Gasteiger partial charge in [-0.2, -0.15) is 0 Å². The molecule has 1 rings (SSSR count). The second-order valence-corrected chi connectivity index (χ2v) is 7.90. The molecule has 144 valence electrons. The highest BCUT2D eigenvalue weighted by molar-refractivity contribution is 6.16. The van der Waals surface area contributed by atoms with Crippen LogP contribution in [0.25, 0.3) is 5.57 Å². The fourth-order valence-electron chi connectivity index (χ4n) is 2.74. The second-order valence-electron chi connectivity index (χ2n) is 7.90. The summed E-state index contributed by atoms with van der Waals surface area (Å²) in [6, 6.07) is 9.44. The van der Waals surface area contributed by atoms with Gasteiger partial charge in [-0.25, -0.2) is 10.6 Å². The van der Waals surface area contributed by atoms with E-state index in [1.165, 1.54) is 0 Å². The van der Waals surface area contributed by atoms with Crippen LogP contribution in [0.2, 0.25) is 0 Å². The zero-order valence-electron chi connectivity index (χ0n) is 16.5. The maximum absolute atomic E-state index is 12.6. The molecule has 0 aliphatic rings. The SMILES string of the molecule is CC(C)C[C@H](CCC=C(C(=O)OC(C)(C)C)c1ccccc1)C(=O)NN. The molecule has 0 heterocycles. The Kier molecular flexibility index (Phi) is 8.52. The van der Waals surface area contributed by atoms with E-state index in [-0.39, 0.29) is 17.8 Å². The van der Waals surface area contributed by atoms with Crippen LogP contribution in [0.15, 0.2) is 36.4 Å². The predicted octanol–water partition coefficient (Wildman–Crippen LogP) is 3.84. The number of allylic oxidation sites excluding steroid dienone is 1. The lowest BCUT2D eigenvalue weighted by atomic mass is 9.91. The normalized spacial score (nSPS) is 13.4. The van der Waals surface area contributed by atoms with Crippen molar-refractivity contribution in [1.82, 2.24) is 5.43 Å². The molecule has 0 bridgehead atoms. The topological polar surface area (TPSA) is 81.4 Å². The second kappa shape index (κ2) is 10.1. The number of rotatable bonds is 8. The molecule has 0 spiro atoms. The summed E-state index contributed by atoms with van der Waals surface area (Å²) in [6.07, 6.45) is 3.83. The maximum atomic E-state index is 12.6. The third-order valence-electron chi connectivity index (χ3n) is 3.84. The Morgan fingerprint density at radius 1 is 1.19 bits per heavy atom. The molecule has 1 atom stereocenters. The molecule has 0 fully saturated rings. The lowest BCUT2D eigenvalue weighted by Crippen LogP contribution is -2.36. The third-order valence-corrected chi connectivity index (χ3v) is 3.84. The van der Waals surface area contributed by atoms with Crippen LogP contribution in [0.5, 0.6) is 0 Å². The molecule has 0 aliphatic heterocycles. The summed E-state index contributed by atoms with van der Waals surface area (Å²) in [7, 11) is 0. The van der Waals surface area contributed by atoms with Crippen molar-refractivity contribution in [2.75, 3.05) is 0 Å². The average Bonchev–Trinajstić information content (AvgIpc) is 2.55. The molecular weight excluding hydrogens is 328 g/mol. The fraction of sp³-hybridized carbons (Fsp3) is 0.524. The molecule has 0 unspecified atom stereocenters. The lowest BCUT2D eigenvalue weighted by molar-refractivity contribution is -0.147. The van der Waals surface area contributed by atoms with Gasteiger partial charge in [0.1, 0.15) is 5.60 Å². The first-order chi connectivity index (χ1) is 12.1. The Balaban J connectivity index is 2.96. The molecule has 0 saturated carbocycles. The minimum Gasteiger partial charge on any atom is -0.456 e. The smallest absolute Gasteiger partial charge is 0.338 e. The fourth-order valence-corrected chi connectivity index (χ4v) is 2.74. The van der Waals surface area contributed by atoms with Gasteiger partial charge in [-0.3, -0.25) is 10.2 Å². The van der Waals surface area contributed by atoms with Gasteiger partial charge in [0, 0.05) is 5.92 Å². The van der Waals surface area contributed by atoms with Gasteiger partial charge in [-0.15, -0.1) is 0 Å². The standard InChI is InChI=1S/C21H32N2O3/c1-15(2)14-17(19(24)23-22)12-9-13-18(16-10-7-6-8-11-16)20(25)26-21(3,4)5/h6-8,10-11,13,15,17H,9,12,14,22H2,1-5H3,(H,23,24)/t17-/m0/s1. The van der Waals surface area contributed by atoms with E-state index in [9.17, 15) is 9.59 Å². The van der Waals surface area contributed by atoms with E-state index in [4.69, 9.17) is 10.6 Å². The molecule has 0 aliphatic carbocycles. The highest BCUT2D eigenvalue weighted by atomic mass is 16.6. The number of hydrogen-bond donors (Lipinski definition) is 2. The zero-order chi connectivity index (χ0) is 19.7. The number of hydrogen-bond acceptors (Lipinski definition) is 4. The van der Waals surface area contributed by atoms with Gasteiger partial charge in [0.15, 0.2) is 0 Å². The first-order valence-electron chi connectivity index (χ1n) is 9.13. The van der Waals surface area contributed by atoms with Gasteiger partial charge < -0.3 is 4.74 Å². The molecule has 5 nitrogen and oxygen atoms in total. The summed E-state index contributed by atoms with van der Waals surface area (Å²) < 4.78 is 5.54. The lowest BCUT2D eigenvalue weighted by Gasteiger charge is -2.21. The van der Waals surface area contributed by atoms with Crippen LogP contribution >= 0.6 is 0 Å². The minimum absolute atomic E-state index is 0.161. The van der Waals surface area contributed by atoms with E-state index in [1.54, 1.807) is 0 Å². The number of carbonyl (C=O) groups excluding carboxylic acids is 2. The highest BCUT2D eigenvalue weighted by Crippen LogP contribution is 2.23. The Morgan fingerprint density at radius 3 is 2.31 bits per heavy atom. The number of hydrazine groups is 1. The molecule has 1 aromatic rings. The van der Waals surface area contributed by atoms with E-state index in [0.717, 1.165) is 12.0 Å². The van der Waals surface area contributed by atoms with Gasteiger partial charge >= 0.3 is 5.97 Å². The molecule has 1 amide bonds. The summed E-state index contributed by atoms with van der Waals surface area (Å²) in [4.78, 5) is 24.6. The number of esters is 1. The summed E-state index contributed by atoms with van der Waals surface area (Å²) in [5, 5.41) is 0. The predicted molar refractivity (Wildman–Crippen MR) is 105 cm³/mol. The van der Waals surface area contributed by atoms with Gasteiger partial charge in [0.2, 0.25) is 5.91 Å². The summed E-state index contributed by atoms with van der Waals surface area (Å²) >= 11 is 0. The van der Waals surface area contributed by atoms with Crippen LogP contribution in [0.1, 0.15) is 59.4 Å². The number of amides is 1. The number of nitrogens with two attached hydrogens (primary N) is 1. The average molecular weight is 360 g/mol. The molecular formula is C21H32N2O3. The zero-order valence-corrected chi connectivity index (χ0v) is 16.5. The van der Waals surface area contributed by atoms with Crippen LogP contribution in [0.4, 0.5) is 0 Å². The van der Waals surface area contributed by atoms with E-state index < -0.39 is 5.60 Å². The Hall–Kier alpha value is -2.14. The maximum Gasteiger partial charge on any atom is 0.338 e. The van der Waals surface area contributed by atoms with Gasteiger partial charge in [0.25, 0.3) is 0 Å². The quantitative estimate of drug-likeness (QED) is 0.243. The van der Waals surface area contributed by atoms with Crippen LogP contribution < -0.4 is 11.3 Å². The molecule has 0 radical (unpaired) electrons. The van der Waals surface area contributed by atoms with E-state index in [0.29, 0.717) is 24.3 Å². The van der Waals surface area contributed by atoms with Crippen LogP contribution in [0.3, 0.4) is 0 Å². The third kappa shape index (κ3) is 7.83. The van der Waals surface area contributed by atoms with Crippen LogP contribution in [-0.4, -0.2) is 17.5 Å². The van der Waals surface area contributed by atoms with E-state index in [1.807, 2.05) is 57.2 Å². The van der Waals surface area contributed by atoms with Gasteiger partial charge in [0.05, 0.1) is 5.57 Å². The largest absolute Gasteiger partial charge is 0.456 e. The molecule has 26 heavy (non-hydrogen) atoms.